The quantitative estimate of drug-likeness (QED) is 0.830. The minimum absolute atomic E-state index is 0.0217. The van der Waals surface area contributed by atoms with Gasteiger partial charge in [-0.1, -0.05) is 41.1 Å². The van der Waals surface area contributed by atoms with E-state index >= 15 is 0 Å². The van der Waals surface area contributed by atoms with Gasteiger partial charge in [-0.25, -0.2) is 0 Å². The Bertz CT molecular complexity index is 957. The lowest BCUT2D eigenvalue weighted by atomic mass is 10.2. The van der Waals surface area contributed by atoms with Crippen LogP contribution in [0.2, 0.25) is 5.02 Å². The summed E-state index contributed by atoms with van der Waals surface area (Å²) in [4.78, 5) is 12.0. The van der Waals surface area contributed by atoms with Gasteiger partial charge in [0.2, 0.25) is 5.91 Å². The van der Waals surface area contributed by atoms with Crippen molar-refractivity contribution < 1.29 is 13.2 Å². The molecule has 2 aromatic carbocycles. The van der Waals surface area contributed by atoms with Crippen LogP contribution >= 0.6 is 23.4 Å². The van der Waals surface area contributed by atoms with Gasteiger partial charge in [-0.15, -0.1) is 4.40 Å². The first-order valence-corrected chi connectivity index (χ1v) is 10.0. The monoisotopic (exact) mass is 395 g/mol. The highest BCUT2D eigenvalue weighted by Gasteiger charge is 2.25. The second-order valence-electron chi connectivity index (χ2n) is 5.34. The number of carbonyl (C=O) groups is 1. The molecule has 1 heterocycles. The van der Waals surface area contributed by atoms with E-state index in [2.05, 4.69) is 15.0 Å². The van der Waals surface area contributed by atoms with E-state index in [4.69, 9.17) is 11.6 Å². The van der Waals surface area contributed by atoms with Crippen molar-refractivity contribution in [2.24, 2.45) is 4.40 Å². The number of aryl methyl sites for hydroxylation is 1. The molecule has 0 aromatic heterocycles. The van der Waals surface area contributed by atoms with Gasteiger partial charge in [0.05, 0.1) is 11.4 Å². The zero-order valence-corrected chi connectivity index (χ0v) is 15.5. The summed E-state index contributed by atoms with van der Waals surface area (Å²) in [5.74, 6) is -0.226. The van der Waals surface area contributed by atoms with Crippen LogP contribution in [0.15, 0.2) is 51.8 Å². The molecule has 0 aliphatic carbocycles. The summed E-state index contributed by atoms with van der Waals surface area (Å²) >= 11 is 6.84. The van der Waals surface area contributed by atoms with Crippen LogP contribution < -0.4 is 10.6 Å². The average molecular weight is 396 g/mol. The van der Waals surface area contributed by atoms with Crippen LogP contribution in [0.4, 0.5) is 11.4 Å². The Morgan fingerprint density at radius 3 is 2.68 bits per heavy atom. The number of nitrogens with zero attached hydrogens (tertiary/aromatic N) is 1. The molecule has 1 aliphatic rings. The molecule has 130 valence electrons. The molecule has 0 bridgehead atoms. The summed E-state index contributed by atoms with van der Waals surface area (Å²) in [5.41, 5.74) is 2.17. The number of amides is 1. The average Bonchev–Trinajstić information content (AvgIpc) is 2.55. The van der Waals surface area contributed by atoms with Crippen LogP contribution in [0, 0.1) is 6.92 Å². The molecule has 9 heteroatoms. The first-order valence-electron chi connectivity index (χ1n) is 7.24. The molecule has 1 amide bonds. The molecule has 0 spiro atoms. The van der Waals surface area contributed by atoms with Crippen molar-refractivity contribution in [3.8, 4) is 0 Å². The Morgan fingerprint density at radius 1 is 1.24 bits per heavy atom. The second kappa shape index (κ2) is 7.07. The summed E-state index contributed by atoms with van der Waals surface area (Å²) in [7, 11) is -3.84. The molecule has 0 fully saturated rings. The Hall–Kier alpha value is -2.03. The number of rotatable bonds is 3. The molecule has 2 aromatic rings. The van der Waals surface area contributed by atoms with Gasteiger partial charge in [0.15, 0.2) is 5.17 Å². The topological polar surface area (TPSA) is 87.6 Å². The summed E-state index contributed by atoms with van der Waals surface area (Å²) in [5, 5.41) is 6.11. The Kier molecular flexibility index (Phi) is 5.03. The zero-order chi connectivity index (χ0) is 18.0. The van der Waals surface area contributed by atoms with Crippen molar-refractivity contribution in [3.63, 3.8) is 0 Å². The minimum atomic E-state index is -3.84. The highest BCUT2D eigenvalue weighted by molar-refractivity contribution is 8.15. The van der Waals surface area contributed by atoms with E-state index in [0.29, 0.717) is 16.4 Å². The van der Waals surface area contributed by atoms with Crippen LogP contribution in [0.5, 0.6) is 0 Å². The van der Waals surface area contributed by atoms with Gasteiger partial charge in [0, 0.05) is 10.7 Å². The molecule has 1 aliphatic heterocycles. The van der Waals surface area contributed by atoms with Crippen LogP contribution in [0.1, 0.15) is 5.56 Å². The third-order valence-electron chi connectivity index (χ3n) is 3.34. The summed E-state index contributed by atoms with van der Waals surface area (Å²) in [6.07, 6.45) is 0. The van der Waals surface area contributed by atoms with Crippen molar-refractivity contribution >= 4 is 55.8 Å². The fourth-order valence-electron chi connectivity index (χ4n) is 2.14. The standard InChI is InChI=1S/C16H14ClN3O3S2/c1-10-2-5-12(6-3-10)18-15(21)9-24-16-19-13-7-4-11(17)8-14(13)25(22,23)20-16/h2-8H,9H2,1H3,(H,18,21)(H,19,20). The zero-order valence-electron chi connectivity index (χ0n) is 13.1. The molecule has 2 N–H and O–H groups in total. The molecule has 6 nitrogen and oxygen atoms in total. The third kappa shape index (κ3) is 4.33. The predicted molar refractivity (Wildman–Crippen MR) is 102 cm³/mol. The number of benzene rings is 2. The van der Waals surface area contributed by atoms with E-state index in [0.717, 1.165) is 17.3 Å². The van der Waals surface area contributed by atoms with Crippen LogP contribution in [-0.2, 0) is 14.8 Å². The Labute approximate surface area is 154 Å². The molecule has 0 saturated carbocycles. The van der Waals surface area contributed by atoms with Gasteiger partial charge >= 0.3 is 0 Å². The molecule has 3 rings (SSSR count). The molecule has 25 heavy (non-hydrogen) atoms. The van der Waals surface area contributed by atoms with Crippen molar-refractivity contribution in [3.05, 3.63) is 53.1 Å². The van der Waals surface area contributed by atoms with E-state index < -0.39 is 10.0 Å². The number of anilines is 2. The molecular formula is C16H14ClN3O3S2. The van der Waals surface area contributed by atoms with Crippen molar-refractivity contribution in [2.75, 3.05) is 16.4 Å². The smallest absolute Gasteiger partial charge is 0.286 e. The summed E-state index contributed by atoms with van der Waals surface area (Å²) in [6.45, 7) is 1.96. The maximum Gasteiger partial charge on any atom is 0.286 e. The predicted octanol–water partition coefficient (Wildman–Crippen LogP) is 3.49. The summed E-state index contributed by atoms with van der Waals surface area (Å²) in [6, 6.07) is 11.9. The highest BCUT2D eigenvalue weighted by Crippen LogP contribution is 2.31. The van der Waals surface area contributed by atoms with Crippen LogP contribution in [-0.4, -0.2) is 25.2 Å². The van der Waals surface area contributed by atoms with E-state index in [9.17, 15) is 13.2 Å². The lowest BCUT2D eigenvalue weighted by Gasteiger charge is -2.17. The van der Waals surface area contributed by atoms with E-state index in [-0.39, 0.29) is 21.7 Å². The number of thioether (sulfide) groups is 1. The number of fused-ring (bicyclic) bond motifs is 1. The van der Waals surface area contributed by atoms with E-state index in [1.165, 1.54) is 6.07 Å². The second-order valence-corrected chi connectivity index (χ2v) is 8.31. The van der Waals surface area contributed by atoms with E-state index in [1.807, 2.05) is 19.1 Å². The van der Waals surface area contributed by atoms with Crippen LogP contribution in [0.25, 0.3) is 0 Å². The highest BCUT2D eigenvalue weighted by atomic mass is 35.5. The molecule has 0 atom stereocenters. The number of amidine groups is 1. The maximum atomic E-state index is 12.2. The van der Waals surface area contributed by atoms with Crippen molar-refractivity contribution in [2.45, 2.75) is 11.8 Å². The molecule has 0 unspecified atom stereocenters. The fraction of sp³-hybridized carbons (Fsp3) is 0.125. The Morgan fingerprint density at radius 2 is 1.96 bits per heavy atom. The summed E-state index contributed by atoms with van der Waals surface area (Å²) < 4.78 is 28.1. The Balaban J connectivity index is 1.66. The van der Waals surface area contributed by atoms with Crippen molar-refractivity contribution in [1.82, 2.24) is 0 Å². The first kappa shape index (κ1) is 17.8. The maximum absolute atomic E-state index is 12.2. The molecule has 0 radical (unpaired) electrons. The van der Waals surface area contributed by atoms with Gasteiger partial charge in [-0.2, -0.15) is 8.42 Å². The molecular weight excluding hydrogens is 382 g/mol. The number of carbonyl (C=O) groups excluding carboxylic acids is 1. The number of halogens is 1. The fourth-order valence-corrected chi connectivity index (χ4v) is 4.44. The van der Waals surface area contributed by atoms with Crippen LogP contribution in [0.3, 0.4) is 0 Å². The van der Waals surface area contributed by atoms with Gasteiger partial charge in [-0.05, 0) is 37.3 Å². The lowest BCUT2D eigenvalue weighted by molar-refractivity contribution is -0.113. The first-order chi connectivity index (χ1) is 11.8. The number of hydrogen-bond donors (Lipinski definition) is 2. The van der Waals surface area contributed by atoms with Gasteiger partial charge in [-0.3, -0.25) is 4.79 Å². The SMILES string of the molecule is Cc1ccc(NC(=O)CSC2=NS(=O)(=O)c3cc(Cl)ccc3N2)cc1. The van der Waals surface area contributed by atoms with Gasteiger partial charge < -0.3 is 10.6 Å². The number of nitrogens with one attached hydrogen (secondary N) is 2. The minimum Gasteiger partial charge on any atom is -0.333 e. The van der Waals surface area contributed by atoms with Crippen molar-refractivity contribution in [1.29, 1.82) is 0 Å². The largest absolute Gasteiger partial charge is 0.333 e. The lowest BCUT2D eigenvalue weighted by Crippen LogP contribution is -2.22. The normalized spacial score (nSPS) is 14.9. The van der Waals surface area contributed by atoms with E-state index in [1.54, 1.807) is 24.3 Å². The number of hydrogen-bond acceptors (Lipinski definition) is 5. The van der Waals surface area contributed by atoms with Gasteiger partial charge in [0.1, 0.15) is 4.90 Å². The number of sulfonamides is 1. The van der Waals surface area contributed by atoms with Gasteiger partial charge in [0.25, 0.3) is 10.0 Å². The molecule has 0 saturated heterocycles. The third-order valence-corrected chi connectivity index (χ3v) is 5.88.